The van der Waals surface area contributed by atoms with E-state index in [1.54, 1.807) is 16.1 Å². The predicted octanol–water partition coefficient (Wildman–Crippen LogP) is 0.387. The van der Waals surface area contributed by atoms with E-state index >= 15 is 0 Å². The second kappa shape index (κ2) is 5.66. The van der Waals surface area contributed by atoms with Crippen LogP contribution < -0.4 is 10.5 Å². The Morgan fingerprint density at radius 2 is 2.00 bits per heavy atom. The molecule has 106 valence electrons. The Morgan fingerprint density at radius 3 is 2.44 bits per heavy atom. The van der Waals surface area contributed by atoms with Gasteiger partial charge in [0.15, 0.2) is 0 Å². The van der Waals surface area contributed by atoms with Gasteiger partial charge in [-0.1, -0.05) is 0 Å². The van der Waals surface area contributed by atoms with E-state index in [1.165, 1.54) is 0 Å². The Balaban J connectivity index is 1.83. The van der Waals surface area contributed by atoms with Gasteiger partial charge >= 0.3 is 0 Å². The van der Waals surface area contributed by atoms with Crippen molar-refractivity contribution in [1.82, 2.24) is 9.03 Å². The lowest BCUT2D eigenvalue weighted by atomic mass is 9.99. The first-order valence-corrected chi connectivity index (χ1v) is 9.18. The summed E-state index contributed by atoms with van der Waals surface area (Å²) in [6.45, 7) is 2.43. The normalized spacial score (nSPS) is 25.2. The summed E-state index contributed by atoms with van der Waals surface area (Å²) in [5.41, 5.74) is 5.61. The van der Waals surface area contributed by atoms with Crippen molar-refractivity contribution in [2.75, 3.05) is 32.4 Å². The molecule has 1 heterocycles. The summed E-state index contributed by atoms with van der Waals surface area (Å²) in [6.07, 6.45) is 6.04. The smallest absolute Gasteiger partial charge is 0.279 e. The van der Waals surface area contributed by atoms with E-state index in [0.29, 0.717) is 32.1 Å². The Bertz CT molecular complexity index is 374. The maximum absolute atomic E-state index is 12.1. The van der Waals surface area contributed by atoms with Gasteiger partial charge in [0.25, 0.3) is 10.2 Å². The van der Waals surface area contributed by atoms with Crippen LogP contribution in [0.5, 0.6) is 0 Å². The molecule has 0 spiro atoms. The third-order valence-electron chi connectivity index (χ3n) is 4.06. The van der Waals surface area contributed by atoms with Crippen LogP contribution in [0, 0.1) is 5.92 Å². The number of rotatable bonds is 6. The highest BCUT2D eigenvalue weighted by molar-refractivity contribution is 8.00. The summed E-state index contributed by atoms with van der Waals surface area (Å²) in [7, 11) is -3.29. The first kappa shape index (κ1) is 14.6. The van der Waals surface area contributed by atoms with Crippen LogP contribution in [0.4, 0.5) is 0 Å². The molecule has 2 rings (SSSR count). The van der Waals surface area contributed by atoms with E-state index in [4.69, 9.17) is 5.73 Å². The second-order valence-corrected chi connectivity index (χ2v) is 8.32. The first-order valence-electron chi connectivity index (χ1n) is 6.51. The van der Waals surface area contributed by atoms with E-state index < -0.39 is 10.2 Å². The molecule has 0 bridgehead atoms. The van der Waals surface area contributed by atoms with Crippen molar-refractivity contribution in [3.63, 3.8) is 0 Å². The number of nitrogens with one attached hydrogen (secondary N) is 1. The van der Waals surface area contributed by atoms with Crippen molar-refractivity contribution in [3.05, 3.63) is 0 Å². The van der Waals surface area contributed by atoms with E-state index in [2.05, 4.69) is 4.72 Å². The molecule has 0 unspecified atom stereocenters. The van der Waals surface area contributed by atoms with Gasteiger partial charge in [-0.25, -0.2) is 4.72 Å². The van der Waals surface area contributed by atoms with Crippen molar-refractivity contribution in [3.8, 4) is 0 Å². The molecule has 5 nitrogen and oxygen atoms in total. The van der Waals surface area contributed by atoms with E-state index in [-0.39, 0.29) is 4.75 Å². The van der Waals surface area contributed by atoms with Crippen molar-refractivity contribution in [2.24, 2.45) is 11.7 Å². The zero-order valence-corrected chi connectivity index (χ0v) is 12.5. The third kappa shape index (κ3) is 3.39. The summed E-state index contributed by atoms with van der Waals surface area (Å²) in [5.74, 6) is 0.484. The number of nitrogens with two attached hydrogens (primary N) is 1. The summed E-state index contributed by atoms with van der Waals surface area (Å²) in [5, 5.41) is 0. The van der Waals surface area contributed by atoms with Crippen LogP contribution in [-0.2, 0) is 10.2 Å². The topological polar surface area (TPSA) is 75.4 Å². The lowest BCUT2D eigenvalue weighted by Gasteiger charge is -2.31. The summed E-state index contributed by atoms with van der Waals surface area (Å²) >= 11 is 1.77. The van der Waals surface area contributed by atoms with Crippen LogP contribution in [0.15, 0.2) is 0 Å². The van der Waals surface area contributed by atoms with Gasteiger partial charge in [0, 0.05) is 24.4 Å². The molecule has 2 fully saturated rings. The fourth-order valence-electron chi connectivity index (χ4n) is 2.29. The molecule has 0 amide bonds. The van der Waals surface area contributed by atoms with Crippen LogP contribution in [-0.4, -0.2) is 49.9 Å². The molecule has 0 atom stereocenters. The molecule has 1 saturated carbocycles. The standard InChI is InChI=1S/C11H23N3O2S2/c1-17-11(4-5-11)9-13-18(15,16)14-6-2-10(8-12)3-7-14/h10,13H,2-9,12H2,1H3. The predicted molar refractivity (Wildman–Crippen MR) is 75.8 cm³/mol. The van der Waals surface area contributed by atoms with Gasteiger partial charge in [-0.05, 0) is 44.4 Å². The van der Waals surface area contributed by atoms with Crippen molar-refractivity contribution in [2.45, 2.75) is 30.4 Å². The molecular formula is C11H23N3O2S2. The van der Waals surface area contributed by atoms with Crippen LogP contribution in [0.2, 0.25) is 0 Å². The average Bonchev–Trinajstić information content (AvgIpc) is 3.17. The minimum atomic E-state index is -3.29. The first-order chi connectivity index (χ1) is 8.51. The molecule has 0 aromatic rings. The number of hydrogen-bond donors (Lipinski definition) is 2. The van der Waals surface area contributed by atoms with Crippen molar-refractivity contribution in [1.29, 1.82) is 0 Å². The minimum Gasteiger partial charge on any atom is -0.330 e. The molecule has 2 aliphatic rings. The van der Waals surface area contributed by atoms with Crippen LogP contribution in [0.3, 0.4) is 0 Å². The van der Waals surface area contributed by atoms with Gasteiger partial charge in [0.1, 0.15) is 0 Å². The molecule has 3 N–H and O–H groups in total. The second-order valence-electron chi connectivity index (χ2n) is 5.29. The third-order valence-corrected chi connectivity index (χ3v) is 7.04. The summed E-state index contributed by atoms with van der Waals surface area (Å²) < 4.78 is 28.8. The Morgan fingerprint density at radius 1 is 1.39 bits per heavy atom. The molecular weight excluding hydrogens is 270 g/mol. The molecule has 1 aliphatic heterocycles. The Kier molecular flexibility index (Phi) is 4.59. The van der Waals surface area contributed by atoms with Crippen LogP contribution in [0.25, 0.3) is 0 Å². The molecule has 0 radical (unpaired) electrons. The molecule has 1 aliphatic carbocycles. The SMILES string of the molecule is CSC1(CNS(=O)(=O)N2CCC(CN)CC2)CC1. The fourth-order valence-corrected chi connectivity index (χ4v) is 4.44. The fraction of sp³-hybridized carbons (Fsp3) is 1.00. The monoisotopic (exact) mass is 293 g/mol. The highest BCUT2D eigenvalue weighted by Crippen LogP contribution is 2.46. The summed E-state index contributed by atoms with van der Waals surface area (Å²) in [4.78, 5) is 0. The quantitative estimate of drug-likeness (QED) is 0.743. The lowest BCUT2D eigenvalue weighted by molar-refractivity contribution is 0.276. The highest BCUT2D eigenvalue weighted by atomic mass is 32.2. The number of piperidine rings is 1. The maximum atomic E-state index is 12.1. The maximum Gasteiger partial charge on any atom is 0.279 e. The van der Waals surface area contributed by atoms with E-state index in [0.717, 1.165) is 25.7 Å². The van der Waals surface area contributed by atoms with Gasteiger partial charge in [0.2, 0.25) is 0 Å². The van der Waals surface area contributed by atoms with Crippen LogP contribution in [0.1, 0.15) is 25.7 Å². The minimum absolute atomic E-state index is 0.169. The largest absolute Gasteiger partial charge is 0.330 e. The molecule has 0 aromatic carbocycles. The number of hydrogen-bond acceptors (Lipinski definition) is 4. The van der Waals surface area contributed by atoms with Gasteiger partial charge in [0.05, 0.1) is 0 Å². The molecule has 0 aromatic heterocycles. The average molecular weight is 293 g/mol. The van der Waals surface area contributed by atoms with E-state index in [9.17, 15) is 8.42 Å². The van der Waals surface area contributed by atoms with Crippen molar-refractivity contribution >= 4 is 22.0 Å². The van der Waals surface area contributed by atoms with Gasteiger partial charge < -0.3 is 5.73 Å². The van der Waals surface area contributed by atoms with E-state index in [1.807, 2.05) is 6.26 Å². The van der Waals surface area contributed by atoms with Gasteiger partial charge in [-0.2, -0.15) is 24.5 Å². The summed E-state index contributed by atoms with van der Waals surface area (Å²) in [6, 6.07) is 0. The molecule has 7 heteroatoms. The van der Waals surface area contributed by atoms with Crippen molar-refractivity contribution < 1.29 is 8.42 Å². The number of thioether (sulfide) groups is 1. The molecule has 18 heavy (non-hydrogen) atoms. The van der Waals surface area contributed by atoms with Crippen LogP contribution >= 0.6 is 11.8 Å². The Labute approximate surface area is 114 Å². The molecule has 1 saturated heterocycles. The van der Waals surface area contributed by atoms with Gasteiger partial charge in [-0.3, -0.25) is 0 Å². The highest BCUT2D eigenvalue weighted by Gasteiger charge is 2.43. The number of nitrogens with zero attached hydrogens (tertiary/aromatic N) is 1. The Hall–Kier alpha value is 0.180. The lowest BCUT2D eigenvalue weighted by Crippen LogP contribution is -2.47. The van der Waals surface area contributed by atoms with Gasteiger partial charge in [-0.15, -0.1) is 0 Å². The zero-order chi connectivity index (χ0) is 13.2. The zero-order valence-electron chi connectivity index (χ0n) is 10.9.